The van der Waals surface area contributed by atoms with Gasteiger partial charge in [0.25, 0.3) is 0 Å². The number of rotatable bonds is 6. The first kappa shape index (κ1) is 18.1. The summed E-state index contributed by atoms with van der Waals surface area (Å²) < 4.78 is 35.4. The highest BCUT2D eigenvalue weighted by Gasteiger charge is 2.37. The lowest BCUT2D eigenvalue weighted by Gasteiger charge is -2.36. The van der Waals surface area contributed by atoms with Crippen molar-refractivity contribution >= 4 is 8.32 Å². The van der Waals surface area contributed by atoms with Crippen LogP contribution in [-0.2, 0) is 17.6 Å². The second-order valence-electron chi connectivity index (χ2n) is 6.53. The molecule has 0 spiro atoms. The molecule has 1 N–H and O–H groups in total. The third kappa shape index (κ3) is 5.05. The van der Waals surface area contributed by atoms with E-state index >= 15 is 0 Å². The molecule has 0 saturated heterocycles. The number of aliphatic hydroxyl groups excluding tert-OH is 1. The van der Waals surface area contributed by atoms with Gasteiger partial charge in [0.2, 0.25) is 0 Å². The molecular weight excluding hydrogens is 294 g/mol. The third-order valence-corrected chi connectivity index (χ3v) is 8.40. The van der Waals surface area contributed by atoms with Gasteiger partial charge in [-0.05, 0) is 35.8 Å². The Morgan fingerprint density at radius 3 is 2.33 bits per heavy atom. The highest BCUT2D eigenvalue weighted by molar-refractivity contribution is 6.74. The van der Waals surface area contributed by atoms with Crippen molar-refractivity contribution < 1.29 is 23.1 Å². The molecule has 0 aliphatic rings. The van der Waals surface area contributed by atoms with E-state index in [9.17, 15) is 13.9 Å². The van der Waals surface area contributed by atoms with Crippen molar-refractivity contribution in [2.45, 2.75) is 58.7 Å². The van der Waals surface area contributed by atoms with Crippen LogP contribution in [0.25, 0.3) is 0 Å². The van der Waals surface area contributed by atoms with Gasteiger partial charge >= 0.3 is 6.61 Å². The van der Waals surface area contributed by atoms with Crippen molar-refractivity contribution in [2.75, 3.05) is 0 Å². The van der Waals surface area contributed by atoms with Crippen molar-refractivity contribution in [3.05, 3.63) is 29.3 Å². The smallest absolute Gasteiger partial charge is 0.387 e. The van der Waals surface area contributed by atoms with Gasteiger partial charge in [-0.15, -0.1) is 0 Å². The second-order valence-corrected chi connectivity index (χ2v) is 11.3. The summed E-state index contributed by atoms with van der Waals surface area (Å²) in [6.07, 6.45) is 0. The minimum absolute atomic E-state index is 0.0331. The van der Waals surface area contributed by atoms with Gasteiger partial charge in [0.05, 0.1) is 13.2 Å². The normalized spacial score (nSPS) is 12.8. The summed E-state index contributed by atoms with van der Waals surface area (Å²) in [6, 6.07) is 4.65. The molecule has 0 unspecified atom stereocenters. The maximum absolute atomic E-state index is 12.4. The molecular formula is C15H24F2O3Si. The van der Waals surface area contributed by atoms with E-state index < -0.39 is 14.9 Å². The first-order valence-corrected chi connectivity index (χ1v) is 9.79. The largest absolute Gasteiger partial charge is 0.434 e. The molecule has 3 nitrogen and oxygen atoms in total. The molecule has 1 aromatic carbocycles. The Balaban J connectivity index is 2.94. The molecule has 0 saturated carbocycles. The minimum atomic E-state index is -2.88. The molecule has 0 aliphatic carbocycles. The van der Waals surface area contributed by atoms with Crippen molar-refractivity contribution in [3.8, 4) is 5.75 Å². The molecule has 0 radical (unpaired) electrons. The summed E-state index contributed by atoms with van der Waals surface area (Å²) in [5.74, 6) is 0.0981. The van der Waals surface area contributed by atoms with Gasteiger partial charge < -0.3 is 14.3 Å². The van der Waals surface area contributed by atoms with E-state index in [1.54, 1.807) is 12.1 Å². The molecule has 0 fully saturated rings. The maximum atomic E-state index is 12.4. The lowest BCUT2D eigenvalue weighted by Crippen LogP contribution is -2.40. The standard InChI is InChI=1S/C15H24F2O3Si/c1-15(2,3)21(4,5)19-10-12-8-11(9-18)6-7-13(12)20-14(16)17/h6-8,14,18H,9-10H2,1-5H3. The summed E-state index contributed by atoms with van der Waals surface area (Å²) in [5.41, 5.74) is 1.18. The van der Waals surface area contributed by atoms with Gasteiger partial charge in [-0.2, -0.15) is 8.78 Å². The SMILES string of the molecule is CC(C)(C)[Si](C)(C)OCc1cc(CO)ccc1OC(F)F. The molecule has 1 aromatic rings. The molecule has 6 heteroatoms. The number of benzene rings is 1. The Morgan fingerprint density at radius 2 is 1.86 bits per heavy atom. The fourth-order valence-electron chi connectivity index (χ4n) is 1.53. The van der Waals surface area contributed by atoms with E-state index in [4.69, 9.17) is 4.43 Å². The average molecular weight is 318 g/mol. The minimum Gasteiger partial charge on any atom is -0.434 e. The average Bonchev–Trinajstić information content (AvgIpc) is 2.35. The zero-order valence-electron chi connectivity index (χ0n) is 13.2. The van der Waals surface area contributed by atoms with E-state index in [1.807, 2.05) is 0 Å². The Kier molecular flexibility index (Phi) is 5.89. The van der Waals surface area contributed by atoms with E-state index in [1.165, 1.54) is 6.07 Å². The predicted octanol–water partition coefficient (Wildman–Crippen LogP) is 4.30. The Labute approximate surface area is 126 Å². The number of alkyl halides is 2. The van der Waals surface area contributed by atoms with Crippen LogP contribution in [0.2, 0.25) is 18.1 Å². The van der Waals surface area contributed by atoms with Crippen LogP contribution < -0.4 is 4.74 Å². The van der Waals surface area contributed by atoms with Crippen LogP contribution >= 0.6 is 0 Å². The first-order chi connectivity index (χ1) is 9.56. The van der Waals surface area contributed by atoms with Crippen LogP contribution in [-0.4, -0.2) is 20.0 Å². The van der Waals surface area contributed by atoms with Crippen molar-refractivity contribution in [3.63, 3.8) is 0 Å². The molecule has 120 valence electrons. The van der Waals surface area contributed by atoms with Crippen LogP contribution in [0.15, 0.2) is 18.2 Å². The monoisotopic (exact) mass is 318 g/mol. The number of hydrogen-bond donors (Lipinski definition) is 1. The topological polar surface area (TPSA) is 38.7 Å². The molecule has 0 heterocycles. The van der Waals surface area contributed by atoms with Crippen LogP contribution in [0.1, 0.15) is 31.9 Å². The van der Waals surface area contributed by atoms with Gasteiger partial charge in [0.15, 0.2) is 8.32 Å². The predicted molar refractivity (Wildman–Crippen MR) is 81.0 cm³/mol. The van der Waals surface area contributed by atoms with Crippen molar-refractivity contribution in [1.82, 2.24) is 0 Å². The molecule has 1 rings (SSSR count). The van der Waals surface area contributed by atoms with Gasteiger partial charge in [-0.3, -0.25) is 0 Å². The number of aliphatic hydroxyl groups is 1. The summed E-state index contributed by atoms with van der Waals surface area (Å²) in [7, 11) is -1.98. The van der Waals surface area contributed by atoms with Crippen molar-refractivity contribution in [1.29, 1.82) is 0 Å². The van der Waals surface area contributed by atoms with Crippen molar-refractivity contribution in [2.24, 2.45) is 0 Å². The summed E-state index contributed by atoms with van der Waals surface area (Å²) >= 11 is 0. The quantitative estimate of drug-likeness (QED) is 0.795. The van der Waals surface area contributed by atoms with Crippen LogP contribution in [0.5, 0.6) is 5.75 Å². The molecule has 0 aliphatic heterocycles. The number of hydrogen-bond acceptors (Lipinski definition) is 3. The highest BCUT2D eigenvalue weighted by Crippen LogP contribution is 2.37. The summed E-state index contributed by atoms with van der Waals surface area (Å²) in [4.78, 5) is 0. The zero-order chi connectivity index (χ0) is 16.3. The number of halogens is 2. The first-order valence-electron chi connectivity index (χ1n) is 6.88. The lowest BCUT2D eigenvalue weighted by atomic mass is 10.1. The van der Waals surface area contributed by atoms with Crippen LogP contribution in [0.3, 0.4) is 0 Å². The van der Waals surface area contributed by atoms with Gasteiger partial charge in [0, 0.05) is 5.56 Å². The fourth-order valence-corrected chi connectivity index (χ4v) is 2.48. The zero-order valence-corrected chi connectivity index (χ0v) is 14.2. The molecule has 0 atom stereocenters. The van der Waals surface area contributed by atoms with Gasteiger partial charge in [-0.25, -0.2) is 0 Å². The summed E-state index contributed by atoms with van der Waals surface area (Å²) in [6.45, 7) is 7.69. The third-order valence-electron chi connectivity index (χ3n) is 3.92. The molecule has 21 heavy (non-hydrogen) atoms. The fraction of sp³-hybridized carbons (Fsp3) is 0.600. The van der Waals surface area contributed by atoms with Crippen LogP contribution in [0.4, 0.5) is 8.78 Å². The Hall–Kier alpha value is -0.983. The van der Waals surface area contributed by atoms with E-state index in [0.717, 1.165) is 0 Å². The second kappa shape index (κ2) is 6.85. The lowest BCUT2D eigenvalue weighted by molar-refractivity contribution is -0.0509. The molecule has 0 bridgehead atoms. The molecule has 0 amide bonds. The van der Waals surface area contributed by atoms with E-state index in [-0.39, 0.29) is 24.0 Å². The van der Waals surface area contributed by atoms with Gasteiger partial charge in [-0.1, -0.05) is 26.8 Å². The van der Waals surface area contributed by atoms with E-state index in [2.05, 4.69) is 38.6 Å². The van der Waals surface area contributed by atoms with Crippen LogP contribution in [0, 0.1) is 0 Å². The Bertz CT molecular complexity index is 470. The highest BCUT2D eigenvalue weighted by atomic mass is 28.4. The van der Waals surface area contributed by atoms with E-state index in [0.29, 0.717) is 11.1 Å². The Morgan fingerprint density at radius 1 is 1.24 bits per heavy atom. The summed E-state index contributed by atoms with van der Waals surface area (Å²) in [5, 5.41) is 9.20. The maximum Gasteiger partial charge on any atom is 0.387 e. The van der Waals surface area contributed by atoms with Gasteiger partial charge in [0.1, 0.15) is 5.75 Å². The molecule has 0 aromatic heterocycles. The number of ether oxygens (including phenoxy) is 1.